The zero-order valence-corrected chi connectivity index (χ0v) is 10.5. The van der Waals surface area contributed by atoms with E-state index in [9.17, 15) is 4.79 Å². The second-order valence-corrected chi connectivity index (χ2v) is 4.55. The van der Waals surface area contributed by atoms with Gasteiger partial charge >= 0.3 is 0 Å². The fourth-order valence-corrected chi connectivity index (χ4v) is 1.78. The van der Waals surface area contributed by atoms with Gasteiger partial charge in [0.05, 0.1) is 17.3 Å². The number of nitrogens with zero attached hydrogens (tertiary/aromatic N) is 1. The fraction of sp³-hybridized carbons (Fsp3) is 0.455. The lowest BCUT2D eigenvalue weighted by Gasteiger charge is -2.10. The molecule has 0 fully saturated rings. The van der Waals surface area contributed by atoms with Crippen molar-refractivity contribution in [3.63, 3.8) is 0 Å². The predicted molar refractivity (Wildman–Crippen MR) is 65.4 cm³/mol. The number of aromatic nitrogens is 1. The molecule has 0 saturated heterocycles. The highest BCUT2D eigenvalue weighted by atomic mass is 32.1. The van der Waals surface area contributed by atoms with Gasteiger partial charge in [0.2, 0.25) is 5.91 Å². The molecule has 16 heavy (non-hydrogen) atoms. The fourth-order valence-electron chi connectivity index (χ4n) is 1.20. The number of thiazole rings is 1. The van der Waals surface area contributed by atoms with Crippen LogP contribution in [0.15, 0.2) is 11.5 Å². The van der Waals surface area contributed by atoms with Crippen LogP contribution < -0.4 is 5.32 Å². The second kappa shape index (κ2) is 6.40. The molecule has 1 aromatic rings. The van der Waals surface area contributed by atoms with Gasteiger partial charge in [-0.05, 0) is 19.9 Å². The average molecular weight is 240 g/mol. The number of hydrogen-bond acceptors (Lipinski definition) is 4. The van der Waals surface area contributed by atoms with Gasteiger partial charge in [0, 0.05) is 24.6 Å². The summed E-state index contributed by atoms with van der Waals surface area (Å²) in [5, 5.41) is 5.69. The van der Waals surface area contributed by atoms with E-state index in [4.69, 9.17) is 4.74 Å². The van der Waals surface area contributed by atoms with Gasteiger partial charge in [-0.15, -0.1) is 11.3 Å². The molecule has 1 aromatic heterocycles. The first-order chi connectivity index (χ1) is 7.61. The van der Waals surface area contributed by atoms with Gasteiger partial charge < -0.3 is 10.1 Å². The molecule has 1 atom stereocenters. The molecule has 0 aliphatic carbocycles. The minimum atomic E-state index is -0.129. The summed E-state index contributed by atoms with van der Waals surface area (Å²) < 4.78 is 4.92. The molecule has 88 valence electrons. The van der Waals surface area contributed by atoms with E-state index < -0.39 is 0 Å². The number of nitrogens with one attached hydrogen (secondary N) is 1. The Bertz CT molecular complexity index is 374. The van der Waals surface area contributed by atoms with E-state index in [1.54, 1.807) is 24.5 Å². The molecule has 1 amide bonds. The van der Waals surface area contributed by atoms with E-state index in [1.807, 2.05) is 19.2 Å². The van der Waals surface area contributed by atoms with Crippen molar-refractivity contribution in [3.8, 4) is 0 Å². The summed E-state index contributed by atoms with van der Waals surface area (Å²) >= 11 is 1.56. The van der Waals surface area contributed by atoms with Crippen LogP contribution in [0.2, 0.25) is 0 Å². The topological polar surface area (TPSA) is 51.2 Å². The van der Waals surface area contributed by atoms with Gasteiger partial charge in [0.25, 0.3) is 0 Å². The summed E-state index contributed by atoms with van der Waals surface area (Å²) in [6.45, 7) is 4.33. The molecule has 0 aromatic carbocycles. The molecule has 0 saturated carbocycles. The molecule has 0 spiro atoms. The second-order valence-electron chi connectivity index (χ2n) is 3.49. The Kier molecular flexibility index (Phi) is 5.14. The molecule has 5 heteroatoms. The summed E-state index contributed by atoms with van der Waals surface area (Å²) in [5.41, 5.74) is 0.817. The van der Waals surface area contributed by atoms with Crippen molar-refractivity contribution in [2.75, 3.05) is 13.7 Å². The summed E-state index contributed by atoms with van der Waals surface area (Å²) in [6, 6.07) is 0.0133. The van der Waals surface area contributed by atoms with Crippen LogP contribution >= 0.6 is 11.3 Å². The molecule has 1 heterocycles. The smallest absolute Gasteiger partial charge is 0.244 e. The van der Waals surface area contributed by atoms with Crippen molar-refractivity contribution < 1.29 is 9.53 Å². The van der Waals surface area contributed by atoms with Crippen molar-refractivity contribution in [2.45, 2.75) is 19.9 Å². The Morgan fingerprint density at radius 3 is 3.06 bits per heavy atom. The van der Waals surface area contributed by atoms with Crippen LogP contribution in [-0.2, 0) is 9.53 Å². The van der Waals surface area contributed by atoms with Crippen LogP contribution in [0.4, 0.5) is 0 Å². The van der Waals surface area contributed by atoms with Gasteiger partial charge in [-0.25, -0.2) is 4.98 Å². The van der Waals surface area contributed by atoms with Crippen molar-refractivity contribution in [1.82, 2.24) is 10.3 Å². The normalized spacial score (nSPS) is 12.9. The maximum Gasteiger partial charge on any atom is 0.244 e. The zero-order valence-electron chi connectivity index (χ0n) is 9.69. The minimum Gasteiger partial charge on any atom is -0.383 e. The Hall–Kier alpha value is -1.20. The average Bonchev–Trinajstić information content (AvgIpc) is 2.61. The number of methoxy groups -OCH3 is 1. The van der Waals surface area contributed by atoms with Crippen molar-refractivity contribution in [2.24, 2.45) is 0 Å². The standard InChI is InChI=1S/C11H16N2O2S/c1-8(6-15-3)12-11(14)5-4-10-7-16-9(2)13-10/h4-5,7-8H,6H2,1-3H3,(H,12,14). The molecule has 1 unspecified atom stereocenters. The first-order valence-corrected chi connectivity index (χ1v) is 5.89. The molecular formula is C11H16N2O2S. The first-order valence-electron chi connectivity index (χ1n) is 5.01. The molecular weight excluding hydrogens is 224 g/mol. The lowest BCUT2D eigenvalue weighted by Crippen LogP contribution is -2.34. The lowest BCUT2D eigenvalue weighted by atomic mass is 10.3. The number of rotatable bonds is 5. The summed E-state index contributed by atoms with van der Waals surface area (Å²) in [4.78, 5) is 15.7. The molecule has 4 nitrogen and oxygen atoms in total. The number of aryl methyl sites for hydroxylation is 1. The maximum atomic E-state index is 11.4. The minimum absolute atomic E-state index is 0.0133. The Morgan fingerprint density at radius 2 is 2.50 bits per heavy atom. The maximum absolute atomic E-state index is 11.4. The van der Waals surface area contributed by atoms with Gasteiger partial charge in [-0.1, -0.05) is 0 Å². The summed E-state index contributed by atoms with van der Waals surface area (Å²) in [7, 11) is 1.61. The van der Waals surface area contributed by atoms with E-state index in [-0.39, 0.29) is 11.9 Å². The Balaban J connectivity index is 2.42. The number of hydrogen-bond donors (Lipinski definition) is 1. The third-order valence-electron chi connectivity index (χ3n) is 1.85. The van der Waals surface area contributed by atoms with Gasteiger partial charge in [-0.2, -0.15) is 0 Å². The van der Waals surface area contributed by atoms with Gasteiger partial charge in [0.1, 0.15) is 0 Å². The van der Waals surface area contributed by atoms with Crippen LogP contribution in [0.3, 0.4) is 0 Å². The highest BCUT2D eigenvalue weighted by molar-refractivity contribution is 7.09. The molecule has 0 radical (unpaired) electrons. The van der Waals surface area contributed by atoms with E-state index in [0.29, 0.717) is 6.61 Å². The third kappa shape index (κ3) is 4.55. The van der Waals surface area contributed by atoms with Crippen LogP contribution in [-0.4, -0.2) is 30.6 Å². The molecule has 0 aliphatic heterocycles. The predicted octanol–water partition coefficient (Wildman–Crippen LogP) is 1.62. The molecule has 1 rings (SSSR count). The first kappa shape index (κ1) is 12.9. The summed E-state index contributed by atoms with van der Waals surface area (Å²) in [6.07, 6.45) is 3.19. The van der Waals surface area contributed by atoms with Crippen LogP contribution in [0.25, 0.3) is 6.08 Å². The van der Waals surface area contributed by atoms with Crippen molar-refractivity contribution >= 4 is 23.3 Å². The quantitative estimate of drug-likeness (QED) is 0.796. The van der Waals surface area contributed by atoms with Crippen molar-refractivity contribution in [1.29, 1.82) is 0 Å². The van der Waals surface area contributed by atoms with E-state index in [2.05, 4.69) is 10.3 Å². The Morgan fingerprint density at radius 1 is 1.75 bits per heavy atom. The number of ether oxygens (including phenoxy) is 1. The SMILES string of the molecule is COCC(C)NC(=O)C=Cc1csc(C)n1. The van der Waals surface area contributed by atoms with Crippen LogP contribution in [0.5, 0.6) is 0 Å². The van der Waals surface area contributed by atoms with Gasteiger partial charge in [0.15, 0.2) is 0 Å². The van der Waals surface area contributed by atoms with Gasteiger partial charge in [-0.3, -0.25) is 4.79 Å². The van der Waals surface area contributed by atoms with Crippen LogP contribution in [0, 0.1) is 6.92 Å². The highest BCUT2D eigenvalue weighted by Gasteiger charge is 2.03. The number of carbonyl (C=O) groups is 1. The van der Waals surface area contributed by atoms with Crippen LogP contribution in [0.1, 0.15) is 17.6 Å². The molecule has 0 bridgehead atoms. The monoisotopic (exact) mass is 240 g/mol. The van der Waals surface area contributed by atoms with Crippen molar-refractivity contribution in [3.05, 3.63) is 22.2 Å². The number of carbonyl (C=O) groups excluding carboxylic acids is 1. The van der Waals surface area contributed by atoms with E-state index in [0.717, 1.165) is 10.7 Å². The lowest BCUT2D eigenvalue weighted by molar-refractivity contribution is -0.117. The number of amides is 1. The van der Waals surface area contributed by atoms with E-state index >= 15 is 0 Å². The molecule has 0 aliphatic rings. The highest BCUT2D eigenvalue weighted by Crippen LogP contribution is 2.08. The summed E-state index contributed by atoms with van der Waals surface area (Å²) in [5.74, 6) is -0.129. The third-order valence-corrected chi connectivity index (χ3v) is 2.64. The molecule has 1 N–H and O–H groups in total. The van der Waals surface area contributed by atoms with E-state index in [1.165, 1.54) is 6.08 Å². The largest absolute Gasteiger partial charge is 0.383 e. The Labute approximate surface area is 99.3 Å². The zero-order chi connectivity index (χ0) is 12.0.